The van der Waals surface area contributed by atoms with Crippen LogP contribution in [0.1, 0.15) is 23.0 Å². The number of aryl methyl sites for hydroxylation is 1. The highest BCUT2D eigenvalue weighted by molar-refractivity contribution is 5.96. The molecule has 8 nitrogen and oxygen atoms in total. The number of likely N-dealkylation sites (N-methyl/N-ethyl adjacent to an activating group) is 1. The lowest BCUT2D eigenvalue weighted by Crippen LogP contribution is -2.41. The summed E-state index contributed by atoms with van der Waals surface area (Å²) in [6, 6.07) is 18.3. The second-order valence-corrected chi connectivity index (χ2v) is 7.19. The molecule has 0 fully saturated rings. The zero-order chi connectivity index (χ0) is 22.4. The van der Waals surface area contributed by atoms with Crippen molar-refractivity contribution in [3.63, 3.8) is 0 Å². The van der Waals surface area contributed by atoms with Crippen molar-refractivity contribution >= 4 is 23.5 Å². The maximum absolute atomic E-state index is 12.5. The molecule has 2 N–H and O–H groups in total. The van der Waals surface area contributed by atoms with Crippen LogP contribution in [0, 0.1) is 6.92 Å². The predicted octanol–water partition coefficient (Wildman–Crippen LogP) is 3.03. The highest BCUT2D eigenvalue weighted by Crippen LogP contribution is 2.17. The first kappa shape index (κ1) is 21.8. The zero-order valence-electron chi connectivity index (χ0n) is 17.6. The number of anilines is 1. The van der Waals surface area contributed by atoms with Crippen LogP contribution in [0.4, 0.5) is 5.69 Å². The number of esters is 1. The van der Waals surface area contributed by atoms with Gasteiger partial charge in [0, 0.05) is 18.3 Å². The van der Waals surface area contributed by atoms with Gasteiger partial charge in [0.2, 0.25) is 5.91 Å². The Labute approximate surface area is 180 Å². The van der Waals surface area contributed by atoms with Gasteiger partial charge in [-0.3, -0.25) is 14.7 Å². The fraction of sp³-hybridized carbons (Fsp3) is 0.217. The highest BCUT2D eigenvalue weighted by Gasteiger charge is 2.24. The highest BCUT2D eigenvalue weighted by atomic mass is 16.5. The van der Waals surface area contributed by atoms with E-state index >= 15 is 0 Å². The van der Waals surface area contributed by atoms with Gasteiger partial charge in [0.1, 0.15) is 5.69 Å². The number of rotatable bonds is 7. The number of aromatic nitrogens is 2. The van der Waals surface area contributed by atoms with Gasteiger partial charge in [0.05, 0.1) is 12.2 Å². The molecule has 0 radical (unpaired) electrons. The van der Waals surface area contributed by atoms with Crippen LogP contribution >= 0.6 is 0 Å². The number of nitrogens with one attached hydrogen (secondary N) is 2. The number of amides is 2. The van der Waals surface area contributed by atoms with E-state index in [1.54, 1.807) is 18.2 Å². The average molecular weight is 420 g/mol. The van der Waals surface area contributed by atoms with E-state index in [0.29, 0.717) is 11.4 Å². The molecule has 0 saturated heterocycles. The summed E-state index contributed by atoms with van der Waals surface area (Å²) >= 11 is 0. The summed E-state index contributed by atoms with van der Waals surface area (Å²) in [7, 11) is 1.48. The van der Waals surface area contributed by atoms with Crippen molar-refractivity contribution in [2.24, 2.45) is 0 Å². The molecule has 31 heavy (non-hydrogen) atoms. The number of benzene rings is 2. The van der Waals surface area contributed by atoms with Crippen LogP contribution in [0.2, 0.25) is 0 Å². The van der Waals surface area contributed by atoms with Crippen molar-refractivity contribution in [3.05, 3.63) is 71.9 Å². The molecule has 3 aromatic rings. The van der Waals surface area contributed by atoms with Crippen molar-refractivity contribution in [2.75, 3.05) is 18.9 Å². The summed E-state index contributed by atoms with van der Waals surface area (Å²) in [6.45, 7) is 3.24. The Bertz CT molecular complexity index is 1060. The van der Waals surface area contributed by atoms with Crippen LogP contribution in [-0.2, 0) is 14.3 Å². The van der Waals surface area contributed by atoms with Gasteiger partial charge in [0.15, 0.2) is 6.10 Å². The largest absolute Gasteiger partial charge is 0.448 e. The Balaban J connectivity index is 1.53. The maximum Gasteiger partial charge on any atom is 0.357 e. The quantitative estimate of drug-likeness (QED) is 0.572. The van der Waals surface area contributed by atoms with Gasteiger partial charge in [-0.15, -0.1) is 0 Å². The summed E-state index contributed by atoms with van der Waals surface area (Å²) in [6.07, 6.45) is -1.06. The van der Waals surface area contributed by atoms with Crippen molar-refractivity contribution < 1.29 is 19.1 Å². The number of nitrogens with zero attached hydrogens (tertiary/aromatic N) is 2. The molecule has 2 amide bonds. The van der Waals surface area contributed by atoms with Crippen LogP contribution in [0.3, 0.4) is 0 Å². The van der Waals surface area contributed by atoms with Gasteiger partial charge in [-0.25, -0.2) is 4.79 Å². The lowest BCUT2D eigenvalue weighted by atomic mass is 10.1. The first-order chi connectivity index (χ1) is 14.8. The van der Waals surface area contributed by atoms with Crippen molar-refractivity contribution in [1.82, 2.24) is 15.1 Å². The molecule has 8 heteroatoms. The predicted molar refractivity (Wildman–Crippen MR) is 116 cm³/mol. The normalized spacial score (nSPS) is 11.5. The number of hydrogen-bond donors (Lipinski definition) is 2. The average Bonchev–Trinajstić information content (AvgIpc) is 3.26. The molecule has 160 valence electrons. The van der Waals surface area contributed by atoms with Crippen molar-refractivity contribution in [3.8, 4) is 11.3 Å². The van der Waals surface area contributed by atoms with E-state index in [1.165, 1.54) is 18.9 Å². The van der Waals surface area contributed by atoms with Crippen LogP contribution in [0.15, 0.2) is 60.7 Å². The minimum Gasteiger partial charge on any atom is -0.448 e. The molecule has 0 bridgehead atoms. The number of carbonyl (C=O) groups excluding carboxylic acids is 3. The van der Waals surface area contributed by atoms with Gasteiger partial charge in [-0.05, 0) is 32.0 Å². The van der Waals surface area contributed by atoms with E-state index in [0.717, 1.165) is 11.1 Å². The Kier molecular flexibility index (Phi) is 6.81. The van der Waals surface area contributed by atoms with Gasteiger partial charge in [0.25, 0.3) is 5.91 Å². The molecule has 0 spiro atoms. The summed E-state index contributed by atoms with van der Waals surface area (Å²) in [5.74, 6) is -1.54. The first-order valence-corrected chi connectivity index (χ1v) is 9.77. The Hall–Kier alpha value is -3.94. The van der Waals surface area contributed by atoms with Crippen LogP contribution < -0.4 is 5.32 Å². The Morgan fingerprint density at radius 3 is 2.45 bits per heavy atom. The number of ether oxygens (including phenoxy) is 1. The monoisotopic (exact) mass is 420 g/mol. The molecule has 0 aliphatic carbocycles. The minimum atomic E-state index is -1.06. The van der Waals surface area contributed by atoms with E-state index in [4.69, 9.17) is 4.74 Å². The molecule has 2 aromatic carbocycles. The second-order valence-electron chi connectivity index (χ2n) is 7.19. The van der Waals surface area contributed by atoms with E-state index in [2.05, 4.69) is 15.5 Å². The summed E-state index contributed by atoms with van der Waals surface area (Å²) < 4.78 is 5.25. The van der Waals surface area contributed by atoms with Crippen LogP contribution in [0.25, 0.3) is 11.3 Å². The molecule has 3 rings (SSSR count). The first-order valence-electron chi connectivity index (χ1n) is 9.77. The zero-order valence-corrected chi connectivity index (χ0v) is 17.6. The third kappa shape index (κ3) is 5.79. The van der Waals surface area contributed by atoms with E-state index in [-0.39, 0.29) is 18.1 Å². The topological polar surface area (TPSA) is 104 Å². The minimum absolute atomic E-state index is 0.137. The third-order valence-corrected chi connectivity index (χ3v) is 4.59. The van der Waals surface area contributed by atoms with E-state index < -0.39 is 18.0 Å². The SMILES string of the molecule is Cc1ccc(NC(=O)CN(C)C(=O)[C@@H](C)OC(=O)c2cc(-c3ccccc3)n[nH]2)cc1. The second kappa shape index (κ2) is 9.71. The molecule has 1 heterocycles. The Morgan fingerprint density at radius 1 is 1.10 bits per heavy atom. The van der Waals surface area contributed by atoms with E-state index in [9.17, 15) is 14.4 Å². The van der Waals surface area contributed by atoms with Gasteiger partial charge >= 0.3 is 5.97 Å². The summed E-state index contributed by atoms with van der Waals surface area (Å²) in [5, 5.41) is 9.46. The van der Waals surface area contributed by atoms with E-state index in [1.807, 2.05) is 49.4 Å². The molecular weight excluding hydrogens is 396 g/mol. The molecule has 0 aliphatic heterocycles. The molecule has 0 aliphatic rings. The summed E-state index contributed by atoms with van der Waals surface area (Å²) in [5.41, 5.74) is 3.30. The maximum atomic E-state index is 12.5. The standard InChI is InChI=1S/C23H24N4O4/c1-15-9-11-18(12-10-15)24-21(28)14-27(3)22(29)16(2)31-23(30)20-13-19(25-26-20)17-7-5-4-6-8-17/h4-13,16H,14H2,1-3H3,(H,24,28)(H,25,26)/t16-/m1/s1. The number of carbonyl (C=O) groups is 3. The van der Waals surface area contributed by atoms with Crippen LogP contribution in [-0.4, -0.2) is 52.6 Å². The smallest absolute Gasteiger partial charge is 0.357 e. The molecule has 0 unspecified atom stereocenters. The lowest BCUT2D eigenvalue weighted by molar-refractivity contribution is -0.140. The molecule has 0 saturated carbocycles. The lowest BCUT2D eigenvalue weighted by Gasteiger charge is -2.21. The van der Waals surface area contributed by atoms with Gasteiger partial charge < -0.3 is 15.0 Å². The fourth-order valence-corrected chi connectivity index (χ4v) is 2.90. The molecule has 1 aromatic heterocycles. The van der Waals surface area contributed by atoms with Gasteiger partial charge in [-0.2, -0.15) is 5.10 Å². The number of aromatic amines is 1. The third-order valence-electron chi connectivity index (χ3n) is 4.59. The molecular formula is C23H24N4O4. The molecule has 1 atom stereocenters. The Morgan fingerprint density at radius 2 is 1.77 bits per heavy atom. The summed E-state index contributed by atoms with van der Waals surface area (Å²) in [4.78, 5) is 38.3. The van der Waals surface area contributed by atoms with Crippen molar-refractivity contribution in [1.29, 1.82) is 0 Å². The number of H-pyrrole nitrogens is 1. The van der Waals surface area contributed by atoms with Crippen molar-refractivity contribution in [2.45, 2.75) is 20.0 Å². The van der Waals surface area contributed by atoms with Gasteiger partial charge in [-0.1, -0.05) is 48.0 Å². The number of hydrogen-bond acceptors (Lipinski definition) is 5. The van der Waals surface area contributed by atoms with Crippen LogP contribution in [0.5, 0.6) is 0 Å². The fourth-order valence-electron chi connectivity index (χ4n) is 2.90.